The van der Waals surface area contributed by atoms with E-state index in [0.29, 0.717) is 6.54 Å². The van der Waals surface area contributed by atoms with Crippen molar-refractivity contribution >= 4 is 10.0 Å². The van der Waals surface area contributed by atoms with Crippen LogP contribution in [0.1, 0.15) is 20.8 Å². The first-order valence-electron chi connectivity index (χ1n) is 5.99. The van der Waals surface area contributed by atoms with Gasteiger partial charge in [-0.1, -0.05) is 0 Å². The first-order chi connectivity index (χ1) is 7.71. The van der Waals surface area contributed by atoms with E-state index in [9.17, 15) is 8.42 Å². The Bertz CT molecular complexity index is 329. The maximum atomic E-state index is 11.7. The van der Waals surface area contributed by atoms with Crippen LogP contribution >= 0.6 is 0 Å². The number of ether oxygens (including phenoxy) is 1. The summed E-state index contributed by atoms with van der Waals surface area (Å²) in [5.74, 6) is 0. The van der Waals surface area contributed by atoms with Crippen molar-refractivity contribution in [1.29, 1.82) is 0 Å². The van der Waals surface area contributed by atoms with Gasteiger partial charge in [-0.2, -0.15) is 4.31 Å². The first kappa shape index (κ1) is 14.9. The summed E-state index contributed by atoms with van der Waals surface area (Å²) in [5, 5.41) is 0. The van der Waals surface area contributed by atoms with Crippen molar-refractivity contribution in [2.75, 3.05) is 45.6 Å². The van der Waals surface area contributed by atoms with Crippen LogP contribution in [0.5, 0.6) is 0 Å². The fourth-order valence-corrected chi connectivity index (χ4v) is 3.46. The number of hydrogen-bond acceptors (Lipinski definition) is 4. The van der Waals surface area contributed by atoms with E-state index < -0.39 is 10.0 Å². The molecule has 1 aliphatic rings. The lowest BCUT2D eigenvalue weighted by molar-refractivity contribution is 0.0341. The van der Waals surface area contributed by atoms with Gasteiger partial charge in [-0.15, -0.1) is 0 Å². The van der Waals surface area contributed by atoms with E-state index in [4.69, 9.17) is 4.74 Å². The van der Waals surface area contributed by atoms with Gasteiger partial charge in [-0.25, -0.2) is 8.42 Å². The third kappa shape index (κ3) is 4.91. The Labute approximate surface area is 105 Å². The molecule has 0 bridgehead atoms. The van der Waals surface area contributed by atoms with Gasteiger partial charge in [0.15, 0.2) is 0 Å². The molecule has 1 aliphatic heterocycles. The molecule has 1 fully saturated rings. The summed E-state index contributed by atoms with van der Waals surface area (Å²) < 4.78 is 30.3. The van der Waals surface area contributed by atoms with E-state index in [0.717, 1.165) is 32.8 Å². The zero-order valence-corrected chi connectivity index (χ0v) is 12.1. The molecule has 0 spiro atoms. The number of sulfonamides is 1. The zero-order chi connectivity index (χ0) is 13.1. The molecule has 0 aromatic rings. The minimum atomic E-state index is -3.15. The predicted molar refractivity (Wildman–Crippen MR) is 68.6 cm³/mol. The minimum Gasteiger partial charge on any atom is -0.379 e. The maximum Gasteiger partial charge on any atom is 0.211 e. The van der Waals surface area contributed by atoms with Crippen LogP contribution in [0.25, 0.3) is 0 Å². The Morgan fingerprint density at radius 1 is 1.24 bits per heavy atom. The molecule has 5 nitrogen and oxygen atoms in total. The highest BCUT2D eigenvalue weighted by molar-refractivity contribution is 7.88. The lowest BCUT2D eigenvalue weighted by Crippen LogP contribution is -2.49. The second-order valence-corrected chi connectivity index (χ2v) is 7.37. The van der Waals surface area contributed by atoms with Crippen LogP contribution in [0.3, 0.4) is 0 Å². The normalized spacial score (nSPS) is 19.8. The van der Waals surface area contributed by atoms with Crippen LogP contribution < -0.4 is 0 Å². The van der Waals surface area contributed by atoms with Crippen LogP contribution in [0.2, 0.25) is 0 Å². The van der Waals surface area contributed by atoms with Gasteiger partial charge in [0, 0.05) is 31.7 Å². The monoisotopic (exact) mass is 264 g/mol. The number of rotatable bonds is 4. The van der Waals surface area contributed by atoms with Crippen molar-refractivity contribution in [3.63, 3.8) is 0 Å². The standard InChI is InChI=1S/C11H24N2O3S/c1-11(2,3)13(17(4,14)15)6-5-12-7-9-16-10-8-12/h5-10H2,1-4H3. The largest absolute Gasteiger partial charge is 0.379 e. The van der Waals surface area contributed by atoms with Gasteiger partial charge in [0.05, 0.1) is 19.5 Å². The van der Waals surface area contributed by atoms with Gasteiger partial charge < -0.3 is 4.74 Å². The number of hydrogen-bond donors (Lipinski definition) is 0. The van der Waals surface area contributed by atoms with Gasteiger partial charge in [0.2, 0.25) is 10.0 Å². The van der Waals surface area contributed by atoms with E-state index in [1.807, 2.05) is 20.8 Å². The van der Waals surface area contributed by atoms with E-state index in [-0.39, 0.29) is 5.54 Å². The van der Waals surface area contributed by atoms with Crippen molar-refractivity contribution in [1.82, 2.24) is 9.21 Å². The molecule has 0 aromatic carbocycles. The van der Waals surface area contributed by atoms with Gasteiger partial charge >= 0.3 is 0 Å². The highest BCUT2D eigenvalue weighted by Gasteiger charge is 2.29. The van der Waals surface area contributed by atoms with E-state index in [2.05, 4.69) is 4.90 Å². The molecule has 1 heterocycles. The topological polar surface area (TPSA) is 49.9 Å². The van der Waals surface area contributed by atoms with Crippen molar-refractivity contribution in [3.05, 3.63) is 0 Å². The molecule has 0 atom stereocenters. The van der Waals surface area contributed by atoms with Crippen molar-refractivity contribution in [2.45, 2.75) is 26.3 Å². The SMILES string of the molecule is CC(C)(C)N(CCN1CCOCC1)S(C)(=O)=O. The maximum absolute atomic E-state index is 11.7. The third-order valence-electron chi connectivity index (χ3n) is 2.87. The summed E-state index contributed by atoms with van der Waals surface area (Å²) in [4.78, 5) is 2.24. The molecule has 1 rings (SSSR count). The van der Waals surface area contributed by atoms with Crippen LogP contribution in [-0.4, -0.2) is 68.8 Å². The van der Waals surface area contributed by atoms with Crippen molar-refractivity contribution in [3.8, 4) is 0 Å². The van der Waals surface area contributed by atoms with Gasteiger partial charge in [0.25, 0.3) is 0 Å². The Hall–Kier alpha value is -0.170. The lowest BCUT2D eigenvalue weighted by Gasteiger charge is -2.35. The van der Waals surface area contributed by atoms with Crippen molar-refractivity contribution in [2.24, 2.45) is 0 Å². The summed E-state index contributed by atoms with van der Waals surface area (Å²) in [5.41, 5.74) is -0.361. The fourth-order valence-electron chi connectivity index (χ4n) is 2.06. The van der Waals surface area contributed by atoms with Gasteiger partial charge in [0.1, 0.15) is 0 Å². The molecule has 0 unspecified atom stereocenters. The average molecular weight is 264 g/mol. The first-order valence-corrected chi connectivity index (χ1v) is 7.84. The number of morpholine rings is 1. The predicted octanol–water partition coefficient (Wildman–Crippen LogP) is 0.379. The van der Waals surface area contributed by atoms with Crippen LogP contribution in [-0.2, 0) is 14.8 Å². The fraction of sp³-hybridized carbons (Fsp3) is 1.00. The smallest absolute Gasteiger partial charge is 0.211 e. The van der Waals surface area contributed by atoms with Crippen LogP contribution in [0.4, 0.5) is 0 Å². The Balaban J connectivity index is 2.56. The molecule has 102 valence electrons. The van der Waals surface area contributed by atoms with Gasteiger partial charge in [-0.3, -0.25) is 4.90 Å². The average Bonchev–Trinajstić information content (AvgIpc) is 2.15. The Morgan fingerprint density at radius 2 is 1.76 bits per heavy atom. The van der Waals surface area contributed by atoms with Crippen LogP contribution in [0, 0.1) is 0 Å². The van der Waals surface area contributed by atoms with Crippen LogP contribution in [0.15, 0.2) is 0 Å². The summed E-state index contributed by atoms with van der Waals surface area (Å²) in [6, 6.07) is 0. The molecule has 1 saturated heterocycles. The van der Waals surface area contributed by atoms with Gasteiger partial charge in [-0.05, 0) is 20.8 Å². The summed E-state index contributed by atoms with van der Waals surface area (Å²) in [6.07, 6.45) is 1.28. The van der Waals surface area contributed by atoms with Crippen molar-refractivity contribution < 1.29 is 13.2 Å². The highest BCUT2D eigenvalue weighted by atomic mass is 32.2. The molecule has 0 aromatic heterocycles. The van der Waals surface area contributed by atoms with E-state index >= 15 is 0 Å². The number of nitrogens with zero attached hydrogens (tertiary/aromatic N) is 2. The minimum absolute atomic E-state index is 0.361. The Kier molecular flexibility index (Phi) is 4.95. The third-order valence-corrected chi connectivity index (χ3v) is 4.40. The summed E-state index contributed by atoms with van der Waals surface area (Å²) in [6.45, 7) is 10.4. The Morgan fingerprint density at radius 3 is 2.18 bits per heavy atom. The molecule has 0 radical (unpaired) electrons. The second kappa shape index (κ2) is 5.65. The molecule has 0 amide bonds. The lowest BCUT2D eigenvalue weighted by atomic mass is 10.1. The molecule has 0 saturated carbocycles. The molecule has 0 N–H and O–H groups in total. The molecular formula is C11H24N2O3S. The van der Waals surface area contributed by atoms with E-state index in [1.54, 1.807) is 4.31 Å². The molecule has 17 heavy (non-hydrogen) atoms. The quantitative estimate of drug-likeness (QED) is 0.736. The summed E-state index contributed by atoms with van der Waals surface area (Å²) >= 11 is 0. The summed E-state index contributed by atoms with van der Waals surface area (Å²) in [7, 11) is -3.15. The zero-order valence-electron chi connectivity index (χ0n) is 11.3. The van der Waals surface area contributed by atoms with E-state index in [1.165, 1.54) is 6.26 Å². The second-order valence-electron chi connectivity index (χ2n) is 5.46. The highest BCUT2D eigenvalue weighted by Crippen LogP contribution is 2.16. The molecule has 0 aliphatic carbocycles. The molecule has 6 heteroatoms. The molecular weight excluding hydrogens is 240 g/mol.